The molecule has 0 aromatic heterocycles. The van der Waals surface area contributed by atoms with Gasteiger partial charge in [-0.05, 0) is 31.0 Å². The first kappa shape index (κ1) is 7.42. The van der Waals surface area contributed by atoms with E-state index in [0.29, 0.717) is 10.7 Å². The summed E-state index contributed by atoms with van der Waals surface area (Å²) >= 11 is 5.82. The fourth-order valence-corrected chi connectivity index (χ4v) is 1.09. The minimum atomic E-state index is 0.666. The van der Waals surface area contributed by atoms with Gasteiger partial charge in [-0.1, -0.05) is 17.7 Å². The molecule has 0 spiro atoms. The standard InChI is InChI=1S/C8H10ClN/c1-5-3-6(2)8(9)7(10)4-5/h3-4H,10H2,1-2H3. The van der Waals surface area contributed by atoms with E-state index in [-0.39, 0.29) is 0 Å². The molecule has 0 radical (unpaired) electrons. The third-order valence-corrected chi connectivity index (χ3v) is 1.94. The van der Waals surface area contributed by atoms with Crippen molar-refractivity contribution in [3.63, 3.8) is 0 Å². The van der Waals surface area contributed by atoms with Gasteiger partial charge in [-0.2, -0.15) is 0 Å². The van der Waals surface area contributed by atoms with Gasteiger partial charge in [0.25, 0.3) is 0 Å². The van der Waals surface area contributed by atoms with Crippen molar-refractivity contribution < 1.29 is 0 Å². The van der Waals surface area contributed by atoms with Crippen molar-refractivity contribution >= 4 is 17.3 Å². The Kier molecular flexibility index (Phi) is 1.86. The fraction of sp³-hybridized carbons (Fsp3) is 0.250. The van der Waals surface area contributed by atoms with Crippen LogP contribution in [0.5, 0.6) is 0 Å². The highest BCUT2D eigenvalue weighted by Gasteiger charge is 1.99. The Balaban J connectivity index is 3.31. The number of aryl methyl sites for hydroxylation is 2. The van der Waals surface area contributed by atoms with Crippen LogP contribution in [0, 0.1) is 13.8 Å². The normalized spacial score (nSPS) is 9.90. The summed E-state index contributed by atoms with van der Waals surface area (Å²) in [6, 6.07) is 3.88. The number of benzene rings is 1. The first-order valence-electron chi connectivity index (χ1n) is 3.13. The number of rotatable bonds is 0. The molecule has 0 unspecified atom stereocenters. The fourth-order valence-electron chi connectivity index (χ4n) is 0.983. The highest BCUT2D eigenvalue weighted by atomic mass is 35.5. The van der Waals surface area contributed by atoms with Gasteiger partial charge in [-0.25, -0.2) is 0 Å². The minimum Gasteiger partial charge on any atom is -0.398 e. The molecule has 0 bridgehead atoms. The van der Waals surface area contributed by atoms with Crippen LogP contribution in [-0.4, -0.2) is 0 Å². The van der Waals surface area contributed by atoms with E-state index in [1.807, 2.05) is 26.0 Å². The van der Waals surface area contributed by atoms with Gasteiger partial charge < -0.3 is 5.73 Å². The Morgan fingerprint density at radius 3 is 2.40 bits per heavy atom. The average Bonchev–Trinajstić information content (AvgIpc) is 1.82. The molecule has 0 saturated carbocycles. The quantitative estimate of drug-likeness (QED) is 0.573. The van der Waals surface area contributed by atoms with Crippen LogP contribution < -0.4 is 5.73 Å². The molecule has 0 fully saturated rings. The van der Waals surface area contributed by atoms with Crippen LogP contribution in [0.4, 0.5) is 5.69 Å². The van der Waals surface area contributed by atoms with Crippen molar-refractivity contribution in [2.24, 2.45) is 0 Å². The second kappa shape index (κ2) is 2.51. The molecule has 54 valence electrons. The van der Waals surface area contributed by atoms with Crippen LogP contribution >= 0.6 is 11.6 Å². The first-order chi connectivity index (χ1) is 4.61. The van der Waals surface area contributed by atoms with E-state index in [4.69, 9.17) is 17.3 Å². The van der Waals surface area contributed by atoms with Crippen LogP contribution in [0.1, 0.15) is 11.1 Å². The Labute approximate surface area is 65.8 Å². The van der Waals surface area contributed by atoms with Crippen molar-refractivity contribution in [3.05, 3.63) is 28.3 Å². The van der Waals surface area contributed by atoms with Gasteiger partial charge in [-0.15, -0.1) is 0 Å². The molecule has 0 atom stereocenters. The van der Waals surface area contributed by atoms with Crippen LogP contribution in [0.15, 0.2) is 12.1 Å². The Morgan fingerprint density at radius 2 is 1.90 bits per heavy atom. The minimum absolute atomic E-state index is 0.666. The predicted octanol–water partition coefficient (Wildman–Crippen LogP) is 2.54. The molecule has 2 N–H and O–H groups in total. The van der Waals surface area contributed by atoms with Crippen LogP contribution in [0.3, 0.4) is 0 Å². The summed E-state index contributed by atoms with van der Waals surface area (Å²) < 4.78 is 0. The van der Waals surface area contributed by atoms with E-state index in [9.17, 15) is 0 Å². The lowest BCUT2D eigenvalue weighted by Crippen LogP contribution is -1.89. The Bertz CT molecular complexity index is 232. The number of hydrogen-bond donors (Lipinski definition) is 1. The van der Waals surface area contributed by atoms with Gasteiger partial charge in [0, 0.05) is 0 Å². The number of anilines is 1. The molecule has 1 nitrogen and oxygen atoms in total. The molecule has 0 aliphatic carbocycles. The largest absolute Gasteiger partial charge is 0.398 e. The van der Waals surface area contributed by atoms with Gasteiger partial charge in [0.1, 0.15) is 0 Å². The van der Waals surface area contributed by atoms with E-state index < -0.39 is 0 Å². The molecule has 0 amide bonds. The van der Waals surface area contributed by atoms with E-state index in [2.05, 4.69) is 0 Å². The van der Waals surface area contributed by atoms with Crippen molar-refractivity contribution in [2.75, 3.05) is 5.73 Å². The Hall–Kier alpha value is -0.690. The lowest BCUT2D eigenvalue weighted by atomic mass is 10.1. The summed E-state index contributed by atoms with van der Waals surface area (Å²) in [5.41, 5.74) is 8.45. The maximum atomic E-state index is 5.82. The smallest absolute Gasteiger partial charge is 0.0664 e. The Morgan fingerprint density at radius 1 is 1.30 bits per heavy atom. The average molecular weight is 156 g/mol. The van der Waals surface area contributed by atoms with Crippen LogP contribution in [0.2, 0.25) is 5.02 Å². The summed E-state index contributed by atoms with van der Waals surface area (Å²) in [4.78, 5) is 0. The maximum Gasteiger partial charge on any atom is 0.0664 e. The third-order valence-electron chi connectivity index (χ3n) is 1.43. The molecule has 1 rings (SSSR count). The lowest BCUT2D eigenvalue weighted by molar-refractivity contribution is 1.39. The summed E-state index contributed by atoms with van der Waals surface area (Å²) in [7, 11) is 0. The molecule has 0 saturated heterocycles. The third kappa shape index (κ3) is 1.24. The molecule has 0 aliphatic heterocycles. The van der Waals surface area contributed by atoms with Crippen molar-refractivity contribution in [3.8, 4) is 0 Å². The van der Waals surface area contributed by atoms with Crippen LogP contribution in [-0.2, 0) is 0 Å². The predicted molar refractivity (Wildman–Crippen MR) is 45.3 cm³/mol. The van der Waals surface area contributed by atoms with Crippen molar-refractivity contribution in [2.45, 2.75) is 13.8 Å². The molecule has 2 heteroatoms. The van der Waals surface area contributed by atoms with Gasteiger partial charge in [0.15, 0.2) is 0 Å². The molecule has 0 aliphatic rings. The van der Waals surface area contributed by atoms with E-state index in [1.165, 1.54) is 0 Å². The molecule has 1 aromatic carbocycles. The van der Waals surface area contributed by atoms with Gasteiger partial charge in [-0.3, -0.25) is 0 Å². The molecule has 0 heterocycles. The number of hydrogen-bond acceptors (Lipinski definition) is 1. The molecular weight excluding hydrogens is 146 g/mol. The van der Waals surface area contributed by atoms with Gasteiger partial charge in [0.2, 0.25) is 0 Å². The highest BCUT2D eigenvalue weighted by molar-refractivity contribution is 6.33. The second-order valence-corrected chi connectivity index (χ2v) is 2.86. The van der Waals surface area contributed by atoms with Crippen LogP contribution in [0.25, 0.3) is 0 Å². The van der Waals surface area contributed by atoms with Gasteiger partial charge >= 0.3 is 0 Å². The number of nitrogens with two attached hydrogens (primary N) is 1. The second-order valence-electron chi connectivity index (χ2n) is 2.49. The maximum absolute atomic E-state index is 5.82. The first-order valence-corrected chi connectivity index (χ1v) is 3.51. The summed E-state index contributed by atoms with van der Waals surface area (Å²) in [5.74, 6) is 0. The van der Waals surface area contributed by atoms with E-state index in [0.717, 1.165) is 11.1 Å². The van der Waals surface area contributed by atoms with Crippen molar-refractivity contribution in [1.29, 1.82) is 0 Å². The number of nitrogen functional groups attached to an aromatic ring is 1. The SMILES string of the molecule is Cc1cc(C)c(Cl)c(N)c1. The monoisotopic (exact) mass is 155 g/mol. The zero-order chi connectivity index (χ0) is 7.72. The summed E-state index contributed by atoms with van der Waals surface area (Å²) in [6.07, 6.45) is 0. The molecule has 10 heavy (non-hydrogen) atoms. The topological polar surface area (TPSA) is 26.0 Å². The zero-order valence-electron chi connectivity index (χ0n) is 6.11. The summed E-state index contributed by atoms with van der Waals surface area (Å²) in [5, 5.41) is 0.672. The molecular formula is C8H10ClN. The van der Waals surface area contributed by atoms with E-state index in [1.54, 1.807) is 0 Å². The zero-order valence-corrected chi connectivity index (χ0v) is 6.87. The molecule has 1 aromatic rings. The van der Waals surface area contributed by atoms with Gasteiger partial charge in [0.05, 0.1) is 10.7 Å². The summed E-state index contributed by atoms with van der Waals surface area (Å²) in [6.45, 7) is 3.95. The lowest BCUT2D eigenvalue weighted by Gasteiger charge is -2.02. The highest BCUT2D eigenvalue weighted by Crippen LogP contribution is 2.23. The van der Waals surface area contributed by atoms with Crippen molar-refractivity contribution in [1.82, 2.24) is 0 Å². The number of halogens is 1. The van der Waals surface area contributed by atoms with E-state index >= 15 is 0 Å².